The summed E-state index contributed by atoms with van der Waals surface area (Å²) in [4.78, 5) is 15.1. The molecule has 1 aromatic heterocycles. The summed E-state index contributed by atoms with van der Waals surface area (Å²) >= 11 is 0. The number of rotatable bonds is 3. The maximum absolute atomic E-state index is 11.1. The first-order valence-electron chi connectivity index (χ1n) is 5.45. The van der Waals surface area contributed by atoms with Gasteiger partial charge >= 0.3 is 5.97 Å². The maximum atomic E-state index is 11.1. The molecule has 0 aliphatic carbocycles. The number of carboxylic acid groups (broad SMARTS) is 1. The first-order valence-corrected chi connectivity index (χ1v) is 5.45. The summed E-state index contributed by atoms with van der Waals surface area (Å²) in [7, 11) is 1.51. The van der Waals surface area contributed by atoms with E-state index in [2.05, 4.69) is 4.98 Å². The Kier molecular flexibility index (Phi) is 3.28. The van der Waals surface area contributed by atoms with E-state index in [1.807, 2.05) is 13.0 Å². The van der Waals surface area contributed by atoms with Gasteiger partial charge in [-0.15, -0.1) is 0 Å². The monoisotopic (exact) mass is 243 g/mol. The molecule has 1 heterocycles. The van der Waals surface area contributed by atoms with Crippen molar-refractivity contribution in [3.8, 4) is 16.9 Å². The molecule has 0 radical (unpaired) electrons. The van der Waals surface area contributed by atoms with Gasteiger partial charge in [0.2, 0.25) is 0 Å². The minimum Gasteiger partial charge on any atom is -0.497 e. The number of aryl methyl sites for hydroxylation is 1. The van der Waals surface area contributed by atoms with Crippen LogP contribution in [0.5, 0.6) is 5.75 Å². The van der Waals surface area contributed by atoms with E-state index >= 15 is 0 Å². The molecule has 2 rings (SSSR count). The van der Waals surface area contributed by atoms with Gasteiger partial charge in [0.1, 0.15) is 5.75 Å². The third-order valence-corrected chi connectivity index (χ3v) is 2.74. The third-order valence-electron chi connectivity index (χ3n) is 2.74. The highest BCUT2D eigenvalue weighted by Crippen LogP contribution is 2.27. The van der Waals surface area contributed by atoms with E-state index in [1.54, 1.807) is 24.5 Å². The van der Waals surface area contributed by atoms with E-state index in [4.69, 9.17) is 9.84 Å². The van der Waals surface area contributed by atoms with Crippen LogP contribution >= 0.6 is 0 Å². The number of carboxylic acids is 1. The molecule has 2 aromatic rings. The van der Waals surface area contributed by atoms with Crippen molar-refractivity contribution in [2.75, 3.05) is 7.11 Å². The molecule has 18 heavy (non-hydrogen) atoms. The van der Waals surface area contributed by atoms with Crippen molar-refractivity contribution >= 4 is 5.97 Å². The third kappa shape index (κ3) is 2.32. The van der Waals surface area contributed by atoms with Gasteiger partial charge in [0.15, 0.2) is 0 Å². The number of pyridine rings is 1. The second kappa shape index (κ2) is 4.87. The Morgan fingerprint density at radius 2 is 2.11 bits per heavy atom. The molecule has 0 fully saturated rings. The van der Waals surface area contributed by atoms with E-state index < -0.39 is 5.97 Å². The Morgan fingerprint density at radius 3 is 2.72 bits per heavy atom. The fourth-order valence-corrected chi connectivity index (χ4v) is 1.76. The summed E-state index contributed by atoms with van der Waals surface area (Å²) in [6.45, 7) is 1.96. The topological polar surface area (TPSA) is 59.4 Å². The van der Waals surface area contributed by atoms with Crippen LogP contribution in [-0.4, -0.2) is 23.2 Å². The van der Waals surface area contributed by atoms with Gasteiger partial charge in [0.05, 0.1) is 12.7 Å². The van der Waals surface area contributed by atoms with Crippen molar-refractivity contribution in [1.82, 2.24) is 4.98 Å². The predicted octanol–water partition coefficient (Wildman–Crippen LogP) is 2.76. The summed E-state index contributed by atoms with van der Waals surface area (Å²) in [6, 6.07) is 6.80. The van der Waals surface area contributed by atoms with Crippen molar-refractivity contribution in [1.29, 1.82) is 0 Å². The summed E-state index contributed by atoms with van der Waals surface area (Å²) < 4.78 is 5.12. The Bertz CT molecular complexity index is 593. The second-order valence-electron chi connectivity index (χ2n) is 3.95. The Morgan fingerprint density at radius 1 is 1.33 bits per heavy atom. The minimum absolute atomic E-state index is 0.201. The average molecular weight is 243 g/mol. The summed E-state index contributed by atoms with van der Waals surface area (Å²) in [6.07, 6.45) is 3.42. The number of ether oxygens (including phenoxy) is 1. The molecule has 0 atom stereocenters. The van der Waals surface area contributed by atoms with Crippen LogP contribution < -0.4 is 4.74 Å². The van der Waals surface area contributed by atoms with Crippen molar-refractivity contribution in [3.63, 3.8) is 0 Å². The molecule has 1 N–H and O–H groups in total. The maximum Gasteiger partial charge on any atom is 0.335 e. The van der Waals surface area contributed by atoms with Crippen LogP contribution in [0.15, 0.2) is 36.7 Å². The highest BCUT2D eigenvalue weighted by atomic mass is 16.5. The standard InChI is InChI=1S/C14H13NO3/c1-9-3-4-15-8-13(9)10-5-11(14(16)17)7-12(6-10)18-2/h3-8H,1-2H3,(H,16,17). The van der Waals surface area contributed by atoms with Crippen LogP contribution in [0.1, 0.15) is 15.9 Å². The summed E-state index contributed by atoms with van der Waals surface area (Å²) in [5, 5.41) is 9.07. The number of hydrogen-bond acceptors (Lipinski definition) is 3. The molecule has 4 heteroatoms. The number of benzene rings is 1. The van der Waals surface area contributed by atoms with Crippen LogP contribution in [0.2, 0.25) is 0 Å². The average Bonchev–Trinajstić information content (AvgIpc) is 2.38. The Labute approximate surface area is 105 Å². The lowest BCUT2D eigenvalue weighted by Gasteiger charge is -2.09. The van der Waals surface area contributed by atoms with Crippen LogP contribution in [0, 0.1) is 6.92 Å². The van der Waals surface area contributed by atoms with Crippen molar-refractivity contribution in [2.45, 2.75) is 6.92 Å². The highest BCUT2D eigenvalue weighted by molar-refractivity contribution is 5.90. The number of hydrogen-bond donors (Lipinski definition) is 1. The number of nitrogens with zero attached hydrogens (tertiary/aromatic N) is 1. The first-order chi connectivity index (χ1) is 8.61. The normalized spacial score (nSPS) is 10.1. The van der Waals surface area contributed by atoms with Crippen LogP contribution in [0.4, 0.5) is 0 Å². The molecule has 4 nitrogen and oxygen atoms in total. The zero-order valence-corrected chi connectivity index (χ0v) is 10.2. The van der Waals surface area contributed by atoms with E-state index in [-0.39, 0.29) is 5.56 Å². The molecule has 0 bridgehead atoms. The second-order valence-corrected chi connectivity index (χ2v) is 3.95. The van der Waals surface area contributed by atoms with E-state index in [0.717, 1.165) is 16.7 Å². The van der Waals surface area contributed by atoms with Gasteiger partial charge in [-0.2, -0.15) is 0 Å². The molecule has 0 amide bonds. The van der Waals surface area contributed by atoms with Gasteiger partial charge in [-0.05, 0) is 42.3 Å². The zero-order chi connectivity index (χ0) is 13.1. The van der Waals surface area contributed by atoms with Gasteiger partial charge < -0.3 is 9.84 Å². The lowest BCUT2D eigenvalue weighted by Crippen LogP contribution is -1.98. The van der Waals surface area contributed by atoms with E-state index in [1.165, 1.54) is 13.2 Å². The molecular formula is C14H13NO3. The van der Waals surface area contributed by atoms with Crippen molar-refractivity contribution in [3.05, 3.63) is 47.8 Å². The SMILES string of the molecule is COc1cc(C(=O)O)cc(-c2cnccc2C)c1. The highest BCUT2D eigenvalue weighted by Gasteiger charge is 2.10. The molecular weight excluding hydrogens is 230 g/mol. The molecule has 92 valence electrons. The predicted molar refractivity (Wildman–Crippen MR) is 67.9 cm³/mol. The van der Waals surface area contributed by atoms with E-state index in [9.17, 15) is 4.79 Å². The Hall–Kier alpha value is -2.36. The van der Waals surface area contributed by atoms with Gasteiger partial charge in [0, 0.05) is 18.0 Å². The fourth-order valence-electron chi connectivity index (χ4n) is 1.76. The van der Waals surface area contributed by atoms with E-state index in [0.29, 0.717) is 5.75 Å². The number of aromatic nitrogens is 1. The fraction of sp³-hybridized carbons (Fsp3) is 0.143. The van der Waals surface area contributed by atoms with Crippen LogP contribution in [0.3, 0.4) is 0 Å². The molecule has 0 saturated carbocycles. The lowest BCUT2D eigenvalue weighted by molar-refractivity contribution is 0.0696. The van der Waals surface area contributed by atoms with Gasteiger partial charge in [-0.25, -0.2) is 4.79 Å². The van der Waals surface area contributed by atoms with Gasteiger partial charge in [-0.3, -0.25) is 4.98 Å². The van der Waals surface area contributed by atoms with Crippen molar-refractivity contribution < 1.29 is 14.6 Å². The van der Waals surface area contributed by atoms with Crippen LogP contribution in [0.25, 0.3) is 11.1 Å². The number of methoxy groups -OCH3 is 1. The first kappa shape index (κ1) is 12.1. The van der Waals surface area contributed by atoms with Gasteiger partial charge in [0.25, 0.3) is 0 Å². The number of aromatic carboxylic acids is 1. The van der Waals surface area contributed by atoms with Gasteiger partial charge in [-0.1, -0.05) is 0 Å². The summed E-state index contributed by atoms with van der Waals surface area (Å²) in [5.74, 6) is -0.454. The molecule has 0 aliphatic heterocycles. The molecule has 0 spiro atoms. The lowest BCUT2D eigenvalue weighted by atomic mass is 10.0. The van der Waals surface area contributed by atoms with Crippen LogP contribution in [-0.2, 0) is 0 Å². The largest absolute Gasteiger partial charge is 0.497 e. The minimum atomic E-state index is -0.975. The molecule has 0 unspecified atom stereocenters. The number of carbonyl (C=O) groups is 1. The quantitative estimate of drug-likeness (QED) is 0.900. The molecule has 0 aliphatic rings. The zero-order valence-electron chi connectivity index (χ0n) is 10.2. The molecule has 1 aromatic carbocycles. The summed E-state index contributed by atoms with van der Waals surface area (Å²) in [5.41, 5.74) is 2.93. The Balaban J connectivity index is 2.60. The molecule has 0 saturated heterocycles. The van der Waals surface area contributed by atoms with Crippen molar-refractivity contribution in [2.24, 2.45) is 0 Å². The smallest absolute Gasteiger partial charge is 0.335 e.